The second-order valence-electron chi connectivity index (χ2n) is 9.78. The predicted octanol–water partition coefficient (Wildman–Crippen LogP) is 4.80. The van der Waals surface area contributed by atoms with Gasteiger partial charge in [-0.25, -0.2) is 4.98 Å². The lowest BCUT2D eigenvalue weighted by Gasteiger charge is -2.41. The maximum absolute atomic E-state index is 13.7. The van der Waals surface area contributed by atoms with E-state index in [0.29, 0.717) is 61.5 Å². The number of aromatic hydroxyl groups is 1. The van der Waals surface area contributed by atoms with Crippen LogP contribution in [0.3, 0.4) is 0 Å². The number of piperidine rings is 1. The lowest BCUT2D eigenvalue weighted by Crippen LogP contribution is -2.50. The lowest BCUT2D eigenvalue weighted by atomic mass is 9.73. The quantitative estimate of drug-likeness (QED) is 0.382. The summed E-state index contributed by atoms with van der Waals surface area (Å²) in [6, 6.07) is 23.8. The number of rotatable bonds is 7. The Balaban J connectivity index is 1.38. The maximum Gasteiger partial charge on any atom is 0.229 e. The predicted molar refractivity (Wildman–Crippen MR) is 145 cm³/mol. The van der Waals surface area contributed by atoms with Gasteiger partial charge in [0.25, 0.3) is 0 Å². The summed E-state index contributed by atoms with van der Waals surface area (Å²) in [5, 5.41) is 14.4. The first-order chi connectivity index (χ1) is 18.0. The summed E-state index contributed by atoms with van der Waals surface area (Å²) in [5.74, 6) is 1.20. The molecule has 3 aromatic carbocycles. The summed E-state index contributed by atoms with van der Waals surface area (Å²) in [4.78, 5) is 24.9. The molecule has 1 fully saturated rings. The van der Waals surface area contributed by atoms with Crippen LogP contribution in [0.1, 0.15) is 29.5 Å². The molecule has 7 heteroatoms. The van der Waals surface area contributed by atoms with Gasteiger partial charge in [0.05, 0.1) is 23.4 Å². The number of carbonyl (C=O) groups is 1. The molecule has 2 heterocycles. The number of carbonyl (C=O) groups excluding carboxylic acids is 1. The molecule has 37 heavy (non-hydrogen) atoms. The van der Waals surface area contributed by atoms with Gasteiger partial charge in [-0.2, -0.15) is 4.98 Å². The van der Waals surface area contributed by atoms with Crippen molar-refractivity contribution in [2.75, 3.05) is 25.1 Å². The molecule has 4 aromatic rings. The number of nitrogens with one attached hydrogen (secondary N) is 1. The van der Waals surface area contributed by atoms with E-state index < -0.39 is 5.41 Å². The normalized spacial score (nSPS) is 14.9. The Labute approximate surface area is 217 Å². The van der Waals surface area contributed by atoms with Gasteiger partial charge in [-0.15, -0.1) is 0 Å². The summed E-state index contributed by atoms with van der Waals surface area (Å²) < 4.78 is 5.44. The highest BCUT2D eigenvalue weighted by Gasteiger charge is 2.42. The van der Waals surface area contributed by atoms with Gasteiger partial charge in [-0.05, 0) is 48.9 Å². The number of ether oxygens (including phenoxy) is 1. The van der Waals surface area contributed by atoms with Crippen LogP contribution in [0.2, 0.25) is 0 Å². The fourth-order valence-electron chi connectivity index (χ4n) is 5.17. The largest absolute Gasteiger partial charge is 0.496 e. The van der Waals surface area contributed by atoms with Gasteiger partial charge in [0.2, 0.25) is 17.7 Å². The molecule has 0 radical (unpaired) electrons. The van der Waals surface area contributed by atoms with Crippen molar-refractivity contribution < 1.29 is 14.6 Å². The zero-order valence-corrected chi connectivity index (χ0v) is 21.3. The molecule has 1 aromatic heterocycles. The standard InChI is InChI=1S/C30H32N4O3/c1-21-17-24-25(18-26(21)37-2)32-29(33-27(24)35)34-15-13-30(14-16-34,19-22-9-5-3-6-10-22)28(36)31-20-23-11-7-4-8-12-23/h3-12,17-18H,13-16,19-20H2,1-2H3,(H,31,36)(H,32,33,35). The molecule has 0 saturated carbocycles. The Hall–Kier alpha value is -4.13. The highest BCUT2D eigenvalue weighted by molar-refractivity contribution is 5.87. The fourth-order valence-corrected chi connectivity index (χ4v) is 5.17. The highest BCUT2D eigenvalue weighted by atomic mass is 16.5. The molecule has 0 spiro atoms. The third-order valence-corrected chi connectivity index (χ3v) is 7.35. The van der Waals surface area contributed by atoms with Crippen molar-refractivity contribution in [3.8, 4) is 11.6 Å². The number of amides is 1. The summed E-state index contributed by atoms with van der Waals surface area (Å²) in [7, 11) is 1.62. The smallest absolute Gasteiger partial charge is 0.229 e. The molecule has 190 valence electrons. The van der Waals surface area contributed by atoms with E-state index in [9.17, 15) is 9.90 Å². The van der Waals surface area contributed by atoms with Gasteiger partial charge in [0.1, 0.15) is 5.75 Å². The summed E-state index contributed by atoms with van der Waals surface area (Å²) in [6.07, 6.45) is 1.98. The highest BCUT2D eigenvalue weighted by Crippen LogP contribution is 2.38. The van der Waals surface area contributed by atoms with Crippen LogP contribution in [0, 0.1) is 12.3 Å². The molecule has 1 aliphatic heterocycles. The fraction of sp³-hybridized carbons (Fsp3) is 0.300. The van der Waals surface area contributed by atoms with Crippen molar-refractivity contribution >= 4 is 22.8 Å². The van der Waals surface area contributed by atoms with E-state index >= 15 is 0 Å². The van der Waals surface area contributed by atoms with Crippen molar-refractivity contribution in [1.82, 2.24) is 15.3 Å². The Morgan fingerprint density at radius 2 is 1.65 bits per heavy atom. The van der Waals surface area contributed by atoms with Gasteiger partial charge in [0.15, 0.2) is 0 Å². The van der Waals surface area contributed by atoms with Crippen LogP contribution >= 0.6 is 0 Å². The summed E-state index contributed by atoms with van der Waals surface area (Å²) >= 11 is 0. The second kappa shape index (κ2) is 10.5. The number of hydrogen-bond acceptors (Lipinski definition) is 6. The molecule has 0 bridgehead atoms. The Kier molecular flexibility index (Phi) is 6.95. The molecule has 5 rings (SSSR count). The lowest BCUT2D eigenvalue weighted by molar-refractivity contribution is -0.132. The van der Waals surface area contributed by atoms with Gasteiger partial charge < -0.3 is 20.1 Å². The number of hydrogen-bond donors (Lipinski definition) is 2. The van der Waals surface area contributed by atoms with Crippen LogP contribution in [0.5, 0.6) is 11.6 Å². The molecule has 0 unspecified atom stereocenters. The van der Waals surface area contributed by atoms with Crippen molar-refractivity contribution in [1.29, 1.82) is 0 Å². The molecular formula is C30H32N4O3. The monoisotopic (exact) mass is 496 g/mol. The first-order valence-corrected chi connectivity index (χ1v) is 12.6. The first-order valence-electron chi connectivity index (χ1n) is 12.6. The number of nitrogens with zero attached hydrogens (tertiary/aromatic N) is 3. The molecule has 1 amide bonds. The zero-order chi connectivity index (χ0) is 25.8. The number of fused-ring (bicyclic) bond motifs is 1. The number of anilines is 1. The minimum Gasteiger partial charge on any atom is -0.496 e. The van der Waals surface area contributed by atoms with E-state index in [1.54, 1.807) is 7.11 Å². The van der Waals surface area contributed by atoms with E-state index in [1.165, 1.54) is 0 Å². The molecule has 7 nitrogen and oxygen atoms in total. The average molecular weight is 497 g/mol. The maximum atomic E-state index is 13.7. The number of aryl methyl sites for hydroxylation is 1. The Morgan fingerprint density at radius 3 is 2.30 bits per heavy atom. The van der Waals surface area contributed by atoms with Gasteiger partial charge >= 0.3 is 0 Å². The number of benzene rings is 3. The SMILES string of the molecule is COc1cc2nc(N3CCC(Cc4ccccc4)(C(=O)NCc4ccccc4)CC3)nc(O)c2cc1C. The molecule has 0 aliphatic carbocycles. The summed E-state index contributed by atoms with van der Waals surface area (Å²) in [5.41, 5.74) is 3.23. The number of aromatic nitrogens is 2. The van der Waals surface area contributed by atoms with Crippen LogP contribution in [0.25, 0.3) is 10.9 Å². The topological polar surface area (TPSA) is 87.6 Å². The van der Waals surface area contributed by atoms with Gasteiger partial charge in [-0.3, -0.25) is 4.79 Å². The van der Waals surface area contributed by atoms with Crippen molar-refractivity contribution in [3.63, 3.8) is 0 Å². The van der Waals surface area contributed by atoms with E-state index in [1.807, 2.05) is 67.6 Å². The third-order valence-electron chi connectivity index (χ3n) is 7.35. The van der Waals surface area contributed by atoms with Crippen LogP contribution in [0.4, 0.5) is 5.95 Å². The van der Waals surface area contributed by atoms with Gasteiger partial charge in [0, 0.05) is 25.7 Å². The van der Waals surface area contributed by atoms with Gasteiger partial charge in [-0.1, -0.05) is 60.7 Å². The molecular weight excluding hydrogens is 464 g/mol. The van der Waals surface area contributed by atoms with Crippen molar-refractivity contribution in [2.24, 2.45) is 5.41 Å². The Morgan fingerprint density at radius 1 is 1.00 bits per heavy atom. The van der Waals surface area contributed by atoms with Crippen LogP contribution in [-0.2, 0) is 17.8 Å². The first kappa shape index (κ1) is 24.6. The van der Waals surface area contributed by atoms with Crippen LogP contribution in [0.15, 0.2) is 72.8 Å². The van der Waals surface area contributed by atoms with Crippen molar-refractivity contribution in [3.05, 3.63) is 89.5 Å². The van der Waals surface area contributed by atoms with Crippen molar-refractivity contribution in [2.45, 2.75) is 32.7 Å². The van der Waals surface area contributed by atoms with E-state index in [4.69, 9.17) is 9.72 Å². The summed E-state index contributed by atoms with van der Waals surface area (Å²) in [6.45, 7) is 3.65. The van der Waals surface area contributed by atoms with E-state index in [2.05, 4.69) is 27.3 Å². The minimum atomic E-state index is -0.536. The average Bonchev–Trinajstić information content (AvgIpc) is 2.93. The minimum absolute atomic E-state index is 0.0486. The zero-order valence-electron chi connectivity index (χ0n) is 21.3. The van der Waals surface area contributed by atoms with E-state index in [0.717, 1.165) is 16.7 Å². The van der Waals surface area contributed by atoms with Crippen LogP contribution in [-0.4, -0.2) is 41.2 Å². The third kappa shape index (κ3) is 5.21. The Bertz CT molecular complexity index is 1380. The van der Waals surface area contributed by atoms with E-state index in [-0.39, 0.29) is 11.8 Å². The second-order valence-corrected chi connectivity index (χ2v) is 9.78. The molecule has 1 saturated heterocycles. The van der Waals surface area contributed by atoms with Crippen LogP contribution < -0.4 is 15.0 Å². The number of methoxy groups -OCH3 is 1. The molecule has 2 N–H and O–H groups in total. The molecule has 0 atom stereocenters. The molecule has 1 aliphatic rings.